The number of benzene rings is 3. The van der Waals surface area contributed by atoms with Crippen LogP contribution in [0.3, 0.4) is 0 Å². The van der Waals surface area contributed by atoms with Crippen LogP contribution in [-0.2, 0) is 9.59 Å². The van der Waals surface area contributed by atoms with Gasteiger partial charge in [0.1, 0.15) is 0 Å². The third kappa shape index (κ3) is 4.29. The number of hydrogen-bond acceptors (Lipinski definition) is 2. The molecule has 0 aliphatic heterocycles. The number of rotatable bonds is 5. The Morgan fingerprint density at radius 3 is 1.71 bits per heavy atom. The standard InChI is InChI=1S/C27H25NO3/c1-18-10-8-9-15-23(18)28-26(29)24-21(19-11-4-2-5-12-19)16-17-22(25(24)27(30)31)20-13-6-3-7-14-20/h2-17,21-22,24-25H,1H3,(H,28,29)(H,30,31)/t21-,22+,24+,25-/m0/s1. The van der Waals surface area contributed by atoms with Gasteiger partial charge in [-0.25, -0.2) is 0 Å². The van der Waals surface area contributed by atoms with Crippen LogP contribution >= 0.6 is 0 Å². The topological polar surface area (TPSA) is 66.4 Å². The van der Waals surface area contributed by atoms with E-state index in [0.717, 1.165) is 16.7 Å². The SMILES string of the molecule is Cc1ccccc1NC(=O)[C@H]1[C@@H](C(=O)O)[C@@H](c2ccccc2)C=C[C@H]1c1ccccc1. The predicted molar refractivity (Wildman–Crippen MR) is 122 cm³/mol. The van der Waals surface area contributed by atoms with Crippen molar-refractivity contribution >= 4 is 17.6 Å². The van der Waals surface area contributed by atoms with Crippen molar-refractivity contribution in [3.63, 3.8) is 0 Å². The normalized spacial score (nSPS) is 22.6. The van der Waals surface area contributed by atoms with Crippen LogP contribution in [0, 0.1) is 18.8 Å². The van der Waals surface area contributed by atoms with Crippen LogP contribution in [0.25, 0.3) is 0 Å². The van der Waals surface area contributed by atoms with Crippen molar-refractivity contribution in [2.45, 2.75) is 18.8 Å². The number of aliphatic carboxylic acids is 1. The maximum Gasteiger partial charge on any atom is 0.308 e. The van der Waals surface area contributed by atoms with E-state index in [1.54, 1.807) is 0 Å². The van der Waals surface area contributed by atoms with Crippen molar-refractivity contribution in [2.75, 3.05) is 5.32 Å². The van der Waals surface area contributed by atoms with E-state index in [2.05, 4.69) is 5.32 Å². The van der Waals surface area contributed by atoms with E-state index >= 15 is 0 Å². The molecular weight excluding hydrogens is 386 g/mol. The van der Waals surface area contributed by atoms with Crippen LogP contribution in [0.5, 0.6) is 0 Å². The Labute approximate surface area is 182 Å². The Morgan fingerprint density at radius 1 is 0.710 bits per heavy atom. The van der Waals surface area contributed by atoms with Gasteiger partial charge in [0.05, 0.1) is 11.8 Å². The summed E-state index contributed by atoms with van der Waals surface area (Å²) in [5.41, 5.74) is 3.46. The molecule has 0 fully saturated rings. The zero-order chi connectivity index (χ0) is 21.8. The van der Waals surface area contributed by atoms with Crippen molar-refractivity contribution in [2.24, 2.45) is 11.8 Å². The Hall–Kier alpha value is -3.66. The van der Waals surface area contributed by atoms with Gasteiger partial charge in [-0.15, -0.1) is 0 Å². The number of hydrogen-bond donors (Lipinski definition) is 2. The molecule has 0 radical (unpaired) electrons. The lowest BCUT2D eigenvalue weighted by Crippen LogP contribution is -2.42. The first-order chi connectivity index (χ1) is 15.1. The number of carbonyl (C=O) groups is 2. The number of para-hydroxylation sites is 1. The van der Waals surface area contributed by atoms with Gasteiger partial charge in [0.15, 0.2) is 0 Å². The van der Waals surface area contributed by atoms with Gasteiger partial charge in [-0.1, -0.05) is 91.0 Å². The maximum atomic E-state index is 13.6. The molecule has 1 amide bonds. The number of carboxylic acids is 1. The highest BCUT2D eigenvalue weighted by molar-refractivity contribution is 5.97. The number of anilines is 1. The molecule has 4 nitrogen and oxygen atoms in total. The van der Waals surface area contributed by atoms with Gasteiger partial charge in [-0.05, 0) is 29.7 Å². The highest BCUT2D eigenvalue weighted by Gasteiger charge is 2.46. The molecule has 1 aliphatic rings. The highest BCUT2D eigenvalue weighted by atomic mass is 16.4. The summed E-state index contributed by atoms with van der Waals surface area (Å²) in [5.74, 6) is -3.60. The maximum absolute atomic E-state index is 13.6. The van der Waals surface area contributed by atoms with Gasteiger partial charge in [0.2, 0.25) is 5.91 Å². The number of carbonyl (C=O) groups excluding carboxylic acids is 1. The number of carboxylic acid groups (broad SMARTS) is 1. The molecule has 0 saturated heterocycles. The lowest BCUT2D eigenvalue weighted by Gasteiger charge is -2.37. The van der Waals surface area contributed by atoms with Crippen LogP contribution in [0.2, 0.25) is 0 Å². The van der Waals surface area contributed by atoms with E-state index in [0.29, 0.717) is 5.69 Å². The van der Waals surface area contributed by atoms with E-state index in [1.165, 1.54) is 0 Å². The van der Waals surface area contributed by atoms with E-state index in [9.17, 15) is 14.7 Å². The lowest BCUT2D eigenvalue weighted by molar-refractivity contribution is -0.147. The van der Waals surface area contributed by atoms with Crippen molar-refractivity contribution in [1.29, 1.82) is 0 Å². The highest BCUT2D eigenvalue weighted by Crippen LogP contribution is 2.45. The molecule has 0 unspecified atom stereocenters. The van der Waals surface area contributed by atoms with E-state index < -0.39 is 17.8 Å². The molecule has 3 aromatic rings. The molecule has 4 atom stereocenters. The Morgan fingerprint density at radius 2 is 1.19 bits per heavy atom. The molecule has 4 rings (SSSR count). The molecule has 0 heterocycles. The zero-order valence-electron chi connectivity index (χ0n) is 17.3. The van der Waals surface area contributed by atoms with Gasteiger partial charge >= 0.3 is 5.97 Å². The van der Waals surface area contributed by atoms with Crippen LogP contribution < -0.4 is 5.32 Å². The molecule has 0 bridgehead atoms. The summed E-state index contributed by atoms with van der Waals surface area (Å²) in [6.07, 6.45) is 3.94. The smallest absolute Gasteiger partial charge is 0.308 e. The second-order valence-electron chi connectivity index (χ2n) is 7.95. The lowest BCUT2D eigenvalue weighted by atomic mass is 9.66. The van der Waals surface area contributed by atoms with Gasteiger partial charge < -0.3 is 10.4 Å². The van der Waals surface area contributed by atoms with E-state index in [1.807, 2.05) is 104 Å². The van der Waals surface area contributed by atoms with Gasteiger partial charge in [-0.2, -0.15) is 0 Å². The third-order valence-electron chi connectivity index (χ3n) is 6.05. The molecule has 2 N–H and O–H groups in total. The zero-order valence-corrected chi connectivity index (χ0v) is 17.3. The average molecular weight is 412 g/mol. The Bertz CT molecular complexity index is 1090. The summed E-state index contributed by atoms with van der Waals surface area (Å²) in [6.45, 7) is 1.92. The summed E-state index contributed by atoms with van der Waals surface area (Å²) in [7, 11) is 0. The largest absolute Gasteiger partial charge is 0.481 e. The number of amides is 1. The Kier molecular flexibility index (Phi) is 5.99. The Balaban J connectivity index is 1.79. The van der Waals surface area contributed by atoms with Gasteiger partial charge in [0.25, 0.3) is 0 Å². The molecular formula is C27H25NO3. The second kappa shape index (κ2) is 9.00. The van der Waals surface area contributed by atoms with E-state index in [4.69, 9.17) is 0 Å². The minimum absolute atomic E-state index is 0.277. The number of allylic oxidation sites excluding steroid dienone is 2. The fraction of sp³-hybridized carbons (Fsp3) is 0.185. The summed E-state index contributed by atoms with van der Waals surface area (Å²) < 4.78 is 0. The molecule has 31 heavy (non-hydrogen) atoms. The van der Waals surface area contributed by atoms with Crippen LogP contribution in [0.4, 0.5) is 5.69 Å². The van der Waals surface area contributed by atoms with Crippen LogP contribution in [0.1, 0.15) is 28.5 Å². The number of nitrogens with one attached hydrogen (secondary N) is 1. The first-order valence-electron chi connectivity index (χ1n) is 10.4. The molecule has 3 aromatic carbocycles. The summed E-state index contributed by atoms with van der Waals surface area (Å²) in [6, 6.07) is 26.7. The van der Waals surface area contributed by atoms with Crippen molar-refractivity contribution in [1.82, 2.24) is 0 Å². The van der Waals surface area contributed by atoms with Gasteiger partial charge in [-0.3, -0.25) is 9.59 Å². The number of aryl methyl sites for hydroxylation is 1. The van der Waals surface area contributed by atoms with Crippen LogP contribution in [0.15, 0.2) is 97.1 Å². The molecule has 4 heteroatoms. The summed E-state index contributed by atoms with van der Waals surface area (Å²) >= 11 is 0. The molecule has 156 valence electrons. The third-order valence-corrected chi connectivity index (χ3v) is 6.05. The van der Waals surface area contributed by atoms with Crippen molar-refractivity contribution < 1.29 is 14.7 Å². The quantitative estimate of drug-likeness (QED) is 0.553. The molecule has 0 spiro atoms. The first-order valence-corrected chi connectivity index (χ1v) is 10.4. The molecule has 0 saturated carbocycles. The monoisotopic (exact) mass is 411 g/mol. The molecule has 1 aliphatic carbocycles. The summed E-state index contributed by atoms with van der Waals surface area (Å²) in [4.78, 5) is 26.1. The predicted octanol–water partition coefficient (Wildman–Crippen LogP) is 5.39. The van der Waals surface area contributed by atoms with Crippen molar-refractivity contribution in [3.05, 3.63) is 114 Å². The molecule has 0 aromatic heterocycles. The van der Waals surface area contributed by atoms with Gasteiger partial charge in [0, 0.05) is 17.5 Å². The minimum Gasteiger partial charge on any atom is -0.481 e. The fourth-order valence-corrected chi connectivity index (χ4v) is 4.48. The average Bonchev–Trinajstić information content (AvgIpc) is 2.80. The second-order valence-corrected chi connectivity index (χ2v) is 7.95. The van der Waals surface area contributed by atoms with E-state index in [-0.39, 0.29) is 17.7 Å². The van der Waals surface area contributed by atoms with Crippen molar-refractivity contribution in [3.8, 4) is 0 Å². The first kappa shape index (κ1) is 20.6. The minimum atomic E-state index is -0.968. The fourth-order valence-electron chi connectivity index (χ4n) is 4.48. The van der Waals surface area contributed by atoms with Crippen LogP contribution in [-0.4, -0.2) is 17.0 Å². The summed E-state index contributed by atoms with van der Waals surface area (Å²) in [5, 5.41) is 13.3.